The van der Waals surface area contributed by atoms with Gasteiger partial charge in [-0.05, 0) is 0 Å². The Hall–Kier alpha value is -3.02. The van der Waals surface area contributed by atoms with Gasteiger partial charge in [-0.2, -0.15) is 0 Å². The first kappa shape index (κ1) is 12.0. The molecule has 1 heterocycles. The molecule has 0 radical (unpaired) electrons. The lowest BCUT2D eigenvalue weighted by Gasteiger charge is -2.06. The molecule has 0 saturated carbocycles. The number of aromatic hydroxyl groups is 3. The van der Waals surface area contributed by atoms with Crippen LogP contribution in [0.4, 0.5) is 0 Å². The van der Waals surface area contributed by atoms with Gasteiger partial charge >= 0.3 is 0 Å². The maximum atomic E-state index is 12.0. The highest BCUT2D eigenvalue weighted by molar-refractivity contribution is 5.89. The monoisotopic (exact) mass is 270 g/mol. The maximum Gasteiger partial charge on any atom is 0.262 e. The van der Waals surface area contributed by atoms with E-state index in [1.807, 2.05) is 6.07 Å². The first-order chi connectivity index (χ1) is 9.58. The number of hydrogen-bond acceptors (Lipinski definition) is 5. The number of phenolic OH excluding ortho intramolecular Hbond substituents is 3. The fourth-order valence-corrected chi connectivity index (χ4v) is 1.99. The summed E-state index contributed by atoms with van der Waals surface area (Å²) in [6.07, 6.45) is 0. The van der Waals surface area contributed by atoms with Crippen molar-refractivity contribution in [2.24, 2.45) is 0 Å². The summed E-state index contributed by atoms with van der Waals surface area (Å²) in [5.74, 6) is -1.65. The van der Waals surface area contributed by atoms with Crippen molar-refractivity contribution in [3.05, 3.63) is 46.8 Å². The number of rotatable bonds is 1. The molecule has 0 atom stereocenters. The molecule has 4 N–H and O–H groups in total. The van der Waals surface area contributed by atoms with E-state index in [0.29, 0.717) is 11.4 Å². The second-order valence-corrected chi connectivity index (χ2v) is 4.27. The maximum absolute atomic E-state index is 12.0. The average molecular weight is 270 g/mol. The molecule has 6 nitrogen and oxygen atoms in total. The Balaban J connectivity index is 2.36. The van der Waals surface area contributed by atoms with Crippen LogP contribution < -0.4 is 5.56 Å². The zero-order valence-electron chi connectivity index (χ0n) is 10.2. The van der Waals surface area contributed by atoms with Crippen LogP contribution in [0.3, 0.4) is 0 Å². The van der Waals surface area contributed by atoms with Gasteiger partial charge in [-0.1, -0.05) is 30.3 Å². The lowest BCUT2D eigenvalue weighted by molar-refractivity contribution is 0.371. The van der Waals surface area contributed by atoms with E-state index in [1.165, 1.54) is 0 Å². The summed E-state index contributed by atoms with van der Waals surface area (Å²) < 4.78 is 0. The number of benzene rings is 2. The highest BCUT2D eigenvalue weighted by Crippen LogP contribution is 2.39. The third-order valence-electron chi connectivity index (χ3n) is 2.97. The number of H-pyrrole nitrogens is 1. The van der Waals surface area contributed by atoms with Crippen LogP contribution in [0.5, 0.6) is 17.2 Å². The predicted molar refractivity (Wildman–Crippen MR) is 72.8 cm³/mol. The van der Waals surface area contributed by atoms with E-state index in [0.717, 1.165) is 6.07 Å². The number of phenols is 3. The number of fused-ring (bicyclic) bond motifs is 1. The Morgan fingerprint density at radius 2 is 1.70 bits per heavy atom. The van der Waals surface area contributed by atoms with Crippen molar-refractivity contribution >= 4 is 10.9 Å². The second kappa shape index (κ2) is 4.27. The Labute approximate surface area is 112 Å². The molecule has 6 heteroatoms. The summed E-state index contributed by atoms with van der Waals surface area (Å²) in [5.41, 5.74) is 0.195. The number of aromatic nitrogens is 2. The Morgan fingerprint density at radius 1 is 1.00 bits per heavy atom. The van der Waals surface area contributed by atoms with E-state index < -0.39 is 22.8 Å². The van der Waals surface area contributed by atoms with Crippen LogP contribution in [0.15, 0.2) is 41.2 Å². The summed E-state index contributed by atoms with van der Waals surface area (Å²) in [6.45, 7) is 0. The third-order valence-corrected chi connectivity index (χ3v) is 2.97. The second-order valence-electron chi connectivity index (χ2n) is 4.27. The molecule has 100 valence electrons. The highest BCUT2D eigenvalue weighted by atomic mass is 16.3. The topological polar surface area (TPSA) is 106 Å². The lowest BCUT2D eigenvalue weighted by atomic mass is 10.1. The van der Waals surface area contributed by atoms with Gasteiger partial charge in [0.15, 0.2) is 11.5 Å². The lowest BCUT2D eigenvalue weighted by Crippen LogP contribution is -2.09. The van der Waals surface area contributed by atoms with Gasteiger partial charge in [0.25, 0.3) is 5.56 Å². The van der Waals surface area contributed by atoms with E-state index in [9.17, 15) is 20.1 Å². The molecule has 0 aliphatic carbocycles. The summed E-state index contributed by atoms with van der Waals surface area (Å²) >= 11 is 0. The minimum absolute atomic E-state index is 0.0976. The predicted octanol–water partition coefficient (Wildman–Crippen LogP) is 1.71. The Bertz CT molecular complexity index is 856. The zero-order chi connectivity index (χ0) is 14.3. The molecule has 0 aliphatic heterocycles. The molecule has 0 unspecified atom stereocenters. The highest BCUT2D eigenvalue weighted by Gasteiger charge is 2.16. The molecule has 0 amide bonds. The van der Waals surface area contributed by atoms with Crippen LogP contribution in [0.2, 0.25) is 0 Å². The van der Waals surface area contributed by atoms with E-state index in [1.54, 1.807) is 24.3 Å². The molecule has 1 aromatic heterocycles. The van der Waals surface area contributed by atoms with Gasteiger partial charge in [0.2, 0.25) is 5.75 Å². The number of aromatic amines is 1. The standard InChI is InChI=1S/C14H10N2O4/c17-9-6-8-10(12(19)11(9)18)14(20)16-13(15-8)7-4-2-1-3-5-7/h1-6,17-19H,(H,15,16,20). The Morgan fingerprint density at radius 3 is 2.40 bits per heavy atom. The summed E-state index contributed by atoms with van der Waals surface area (Å²) in [5, 5.41) is 28.5. The van der Waals surface area contributed by atoms with Crippen LogP contribution in [0.25, 0.3) is 22.3 Å². The van der Waals surface area contributed by atoms with Gasteiger partial charge in [-0.15, -0.1) is 0 Å². The Kier molecular flexibility index (Phi) is 2.57. The van der Waals surface area contributed by atoms with E-state index >= 15 is 0 Å². The summed E-state index contributed by atoms with van der Waals surface area (Å²) in [6, 6.07) is 10.1. The van der Waals surface area contributed by atoms with Crippen LogP contribution >= 0.6 is 0 Å². The molecular weight excluding hydrogens is 260 g/mol. The largest absolute Gasteiger partial charge is 0.504 e. The van der Waals surface area contributed by atoms with E-state index in [-0.39, 0.29) is 10.9 Å². The minimum Gasteiger partial charge on any atom is -0.504 e. The van der Waals surface area contributed by atoms with Crippen LogP contribution in [-0.2, 0) is 0 Å². The number of nitrogens with zero attached hydrogens (tertiary/aromatic N) is 1. The van der Waals surface area contributed by atoms with E-state index in [2.05, 4.69) is 9.97 Å². The third kappa shape index (κ3) is 1.74. The van der Waals surface area contributed by atoms with Gasteiger partial charge in [0, 0.05) is 11.6 Å². The molecule has 20 heavy (non-hydrogen) atoms. The van der Waals surface area contributed by atoms with Crippen molar-refractivity contribution in [2.45, 2.75) is 0 Å². The average Bonchev–Trinajstić information content (AvgIpc) is 2.45. The first-order valence-corrected chi connectivity index (χ1v) is 5.81. The molecular formula is C14H10N2O4. The van der Waals surface area contributed by atoms with Crippen molar-refractivity contribution < 1.29 is 15.3 Å². The van der Waals surface area contributed by atoms with Gasteiger partial charge in [0.1, 0.15) is 11.2 Å². The normalized spacial score (nSPS) is 10.8. The molecule has 3 rings (SSSR count). The van der Waals surface area contributed by atoms with Gasteiger partial charge < -0.3 is 20.3 Å². The molecule has 2 aromatic carbocycles. The zero-order valence-corrected chi connectivity index (χ0v) is 10.2. The molecule has 0 bridgehead atoms. The SMILES string of the molecule is O=c1[nH]c(-c2ccccc2)nc2cc(O)c(O)c(O)c12. The summed E-state index contributed by atoms with van der Waals surface area (Å²) in [7, 11) is 0. The van der Waals surface area contributed by atoms with Crippen molar-refractivity contribution in [3.63, 3.8) is 0 Å². The van der Waals surface area contributed by atoms with Crippen LogP contribution in [0.1, 0.15) is 0 Å². The summed E-state index contributed by atoms with van der Waals surface area (Å²) in [4.78, 5) is 18.7. The molecule has 0 spiro atoms. The van der Waals surface area contributed by atoms with Crippen molar-refractivity contribution in [1.82, 2.24) is 9.97 Å². The fourth-order valence-electron chi connectivity index (χ4n) is 1.99. The van der Waals surface area contributed by atoms with Crippen LogP contribution in [0, 0.1) is 0 Å². The minimum atomic E-state index is -0.739. The van der Waals surface area contributed by atoms with Crippen molar-refractivity contribution in [1.29, 1.82) is 0 Å². The number of nitrogens with one attached hydrogen (secondary N) is 1. The van der Waals surface area contributed by atoms with Crippen molar-refractivity contribution in [2.75, 3.05) is 0 Å². The smallest absolute Gasteiger partial charge is 0.262 e. The molecule has 0 fully saturated rings. The molecule has 3 aromatic rings. The van der Waals surface area contributed by atoms with E-state index in [4.69, 9.17) is 0 Å². The fraction of sp³-hybridized carbons (Fsp3) is 0. The van der Waals surface area contributed by atoms with Crippen LogP contribution in [-0.4, -0.2) is 25.3 Å². The number of hydrogen-bond donors (Lipinski definition) is 4. The molecule has 0 saturated heterocycles. The van der Waals surface area contributed by atoms with Crippen molar-refractivity contribution in [3.8, 4) is 28.6 Å². The quantitative estimate of drug-likeness (QED) is 0.504. The van der Waals surface area contributed by atoms with Gasteiger partial charge in [0.05, 0.1) is 5.52 Å². The first-order valence-electron chi connectivity index (χ1n) is 5.81. The van der Waals surface area contributed by atoms with Gasteiger partial charge in [-0.3, -0.25) is 4.79 Å². The molecule has 0 aliphatic rings. The van der Waals surface area contributed by atoms with Gasteiger partial charge in [-0.25, -0.2) is 4.98 Å².